The molecule has 1 aliphatic heterocycles. The fourth-order valence-corrected chi connectivity index (χ4v) is 2.44. The molecule has 2 atom stereocenters. The lowest BCUT2D eigenvalue weighted by molar-refractivity contribution is -0.143. The van der Waals surface area contributed by atoms with E-state index in [0.717, 1.165) is 0 Å². The summed E-state index contributed by atoms with van der Waals surface area (Å²) < 4.78 is 16.0. The zero-order chi connectivity index (χ0) is 17.8. The molecular weight excluding hydrogens is 298 g/mol. The number of rotatable bonds is 4. The number of nitrogens with zero attached hydrogens (tertiary/aromatic N) is 1. The molecule has 0 aromatic rings. The fourth-order valence-electron chi connectivity index (χ4n) is 2.44. The molecule has 1 fully saturated rings. The summed E-state index contributed by atoms with van der Waals surface area (Å²) in [5, 5.41) is 0. The lowest BCUT2D eigenvalue weighted by Crippen LogP contribution is -2.49. The Labute approximate surface area is 138 Å². The van der Waals surface area contributed by atoms with Gasteiger partial charge in [-0.05, 0) is 41.0 Å². The lowest BCUT2D eigenvalue weighted by Gasteiger charge is -2.34. The van der Waals surface area contributed by atoms with Gasteiger partial charge in [-0.2, -0.15) is 0 Å². The second kappa shape index (κ2) is 7.34. The zero-order valence-corrected chi connectivity index (χ0v) is 15.2. The molecule has 1 heterocycles. The predicted molar refractivity (Wildman–Crippen MR) is 86.8 cm³/mol. The molecule has 0 saturated carbocycles. The predicted octanol–water partition coefficient (Wildman–Crippen LogP) is 3.11. The Morgan fingerprint density at radius 1 is 1.39 bits per heavy atom. The number of ether oxygens (including phenoxy) is 3. The summed E-state index contributed by atoms with van der Waals surface area (Å²) in [6, 6.07) is -0.279. The SMILES string of the molecule is CC[C@@H](/C=C/[C@@H]1COC(C)(C)N1C(=O)OC(C)(C)C)C(=O)OC. The van der Waals surface area contributed by atoms with Crippen LogP contribution in [-0.4, -0.2) is 48.0 Å². The summed E-state index contributed by atoms with van der Waals surface area (Å²) in [5.41, 5.74) is -1.34. The normalized spacial score (nSPS) is 22.2. The first-order chi connectivity index (χ1) is 10.5. The summed E-state index contributed by atoms with van der Waals surface area (Å²) in [6.07, 6.45) is 3.80. The summed E-state index contributed by atoms with van der Waals surface area (Å²) in [7, 11) is 1.37. The third-order valence-electron chi connectivity index (χ3n) is 3.62. The van der Waals surface area contributed by atoms with Crippen molar-refractivity contribution in [3.63, 3.8) is 0 Å². The van der Waals surface area contributed by atoms with Gasteiger partial charge < -0.3 is 14.2 Å². The van der Waals surface area contributed by atoms with E-state index in [-0.39, 0.29) is 17.9 Å². The molecule has 0 N–H and O–H groups in total. The quantitative estimate of drug-likeness (QED) is 0.586. The molecule has 0 bridgehead atoms. The summed E-state index contributed by atoms with van der Waals surface area (Å²) in [5.74, 6) is -0.616. The zero-order valence-electron chi connectivity index (χ0n) is 15.2. The standard InChI is InChI=1S/C17H29NO5/c1-8-12(14(19)21-7)9-10-13-11-22-17(5,6)18(13)15(20)23-16(2,3)4/h9-10,12-13H,8,11H2,1-7H3/b10-9+/t12-,13+/m0/s1. The smallest absolute Gasteiger partial charge is 0.413 e. The van der Waals surface area contributed by atoms with Gasteiger partial charge in [0.25, 0.3) is 0 Å². The van der Waals surface area contributed by atoms with Crippen molar-refractivity contribution in [3.05, 3.63) is 12.2 Å². The van der Waals surface area contributed by atoms with Crippen molar-refractivity contribution in [1.29, 1.82) is 0 Å². The van der Waals surface area contributed by atoms with Gasteiger partial charge in [-0.1, -0.05) is 19.1 Å². The summed E-state index contributed by atoms with van der Waals surface area (Å²) in [6.45, 7) is 11.4. The van der Waals surface area contributed by atoms with Crippen LogP contribution >= 0.6 is 0 Å². The molecule has 0 aliphatic carbocycles. The second-order valence-electron chi connectivity index (χ2n) is 7.10. The molecule has 0 aromatic carbocycles. The van der Waals surface area contributed by atoms with Crippen LogP contribution in [0.1, 0.15) is 48.0 Å². The van der Waals surface area contributed by atoms with E-state index < -0.39 is 17.4 Å². The molecule has 0 unspecified atom stereocenters. The second-order valence-corrected chi connectivity index (χ2v) is 7.10. The molecule has 1 saturated heterocycles. The van der Waals surface area contributed by atoms with Crippen LogP contribution < -0.4 is 0 Å². The Morgan fingerprint density at radius 2 is 2.00 bits per heavy atom. The summed E-state index contributed by atoms with van der Waals surface area (Å²) in [4.78, 5) is 25.7. The number of hydrogen-bond acceptors (Lipinski definition) is 5. The Balaban J connectivity index is 2.92. The monoisotopic (exact) mass is 327 g/mol. The van der Waals surface area contributed by atoms with Crippen molar-refractivity contribution in [2.75, 3.05) is 13.7 Å². The van der Waals surface area contributed by atoms with Gasteiger partial charge in [0.2, 0.25) is 0 Å². The van der Waals surface area contributed by atoms with E-state index in [1.165, 1.54) is 7.11 Å². The van der Waals surface area contributed by atoms with Crippen LogP contribution in [0.15, 0.2) is 12.2 Å². The molecule has 1 rings (SSSR count). The minimum atomic E-state index is -0.760. The number of hydrogen-bond donors (Lipinski definition) is 0. The van der Waals surface area contributed by atoms with Crippen molar-refractivity contribution < 1.29 is 23.8 Å². The lowest BCUT2D eigenvalue weighted by atomic mass is 10.0. The number of carbonyl (C=O) groups is 2. The van der Waals surface area contributed by atoms with Crippen LogP contribution in [0, 0.1) is 5.92 Å². The molecule has 1 aliphatic rings. The van der Waals surface area contributed by atoms with Gasteiger partial charge in [-0.3, -0.25) is 9.69 Å². The summed E-state index contributed by atoms with van der Waals surface area (Å²) >= 11 is 0. The van der Waals surface area contributed by atoms with E-state index in [4.69, 9.17) is 14.2 Å². The van der Waals surface area contributed by atoms with Crippen molar-refractivity contribution in [2.45, 2.75) is 65.3 Å². The van der Waals surface area contributed by atoms with Crippen LogP contribution in [-0.2, 0) is 19.0 Å². The van der Waals surface area contributed by atoms with E-state index in [9.17, 15) is 9.59 Å². The number of carbonyl (C=O) groups excluding carboxylic acids is 2. The maximum atomic E-state index is 12.5. The largest absolute Gasteiger partial charge is 0.469 e. The first-order valence-electron chi connectivity index (χ1n) is 7.94. The van der Waals surface area contributed by atoms with Gasteiger partial charge in [0.05, 0.1) is 25.7 Å². The average Bonchev–Trinajstić information content (AvgIpc) is 2.72. The van der Waals surface area contributed by atoms with E-state index in [0.29, 0.717) is 13.0 Å². The molecule has 0 spiro atoms. The number of amides is 1. The van der Waals surface area contributed by atoms with Crippen LogP contribution in [0.2, 0.25) is 0 Å². The van der Waals surface area contributed by atoms with Gasteiger partial charge in [-0.15, -0.1) is 0 Å². The van der Waals surface area contributed by atoms with Crippen molar-refractivity contribution in [1.82, 2.24) is 4.90 Å². The Kier molecular flexibility index (Phi) is 6.22. The molecule has 23 heavy (non-hydrogen) atoms. The highest BCUT2D eigenvalue weighted by Gasteiger charge is 2.44. The third kappa shape index (κ3) is 5.23. The van der Waals surface area contributed by atoms with E-state index in [1.807, 2.05) is 47.6 Å². The van der Waals surface area contributed by atoms with Gasteiger partial charge in [-0.25, -0.2) is 4.79 Å². The first-order valence-corrected chi connectivity index (χ1v) is 7.94. The molecule has 6 heteroatoms. The molecule has 6 nitrogen and oxygen atoms in total. The fraction of sp³-hybridized carbons (Fsp3) is 0.765. The van der Waals surface area contributed by atoms with Gasteiger partial charge >= 0.3 is 12.1 Å². The van der Waals surface area contributed by atoms with Crippen LogP contribution in [0.25, 0.3) is 0 Å². The van der Waals surface area contributed by atoms with Gasteiger partial charge in [0.1, 0.15) is 11.3 Å². The Hall–Kier alpha value is -1.56. The minimum Gasteiger partial charge on any atom is -0.469 e. The highest BCUT2D eigenvalue weighted by Crippen LogP contribution is 2.30. The van der Waals surface area contributed by atoms with Crippen LogP contribution in [0.5, 0.6) is 0 Å². The highest BCUT2D eigenvalue weighted by atomic mass is 16.6. The van der Waals surface area contributed by atoms with E-state index in [2.05, 4.69) is 0 Å². The maximum Gasteiger partial charge on any atom is 0.413 e. The van der Waals surface area contributed by atoms with Gasteiger partial charge in [0.15, 0.2) is 0 Å². The molecular formula is C17H29NO5. The molecule has 132 valence electrons. The first kappa shape index (κ1) is 19.5. The molecule has 0 aromatic heterocycles. The maximum absolute atomic E-state index is 12.5. The van der Waals surface area contributed by atoms with Crippen molar-refractivity contribution >= 4 is 12.1 Å². The number of methoxy groups -OCH3 is 1. The van der Waals surface area contributed by atoms with Crippen LogP contribution in [0.3, 0.4) is 0 Å². The van der Waals surface area contributed by atoms with Crippen molar-refractivity contribution in [3.8, 4) is 0 Å². The van der Waals surface area contributed by atoms with Crippen LogP contribution in [0.4, 0.5) is 4.79 Å². The Bertz CT molecular complexity index is 464. The van der Waals surface area contributed by atoms with E-state index in [1.54, 1.807) is 11.0 Å². The minimum absolute atomic E-state index is 0.279. The van der Waals surface area contributed by atoms with Crippen molar-refractivity contribution in [2.24, 2.45) is 5.92 Å². The topological polar surface area (TPSA) is 65.1 Å². The van der Waals surface area contributed by atoms with Gasteiger partial charge in [0, 0.05) is 0 Å². The third-order valence-corrected chi connectivity index (χ3v) is 3.62. The average molecular weight is 327 g/mol. The highest BCUT2D eigenvalue weighted by molar-refractivity contribution is 5.74. The Morgan fingerprint density at radius 3 is 2.48 bits per heavy atom. The molecule has 0 radical (unpaired) electrons. The molecule has 1 amide bonds. The number of esters is 1. The van der Waals surface area contributed by atoms with E-state index >= 15 is 0 Å².